The smallest absolute Gasteiger partial charge is 0.0501 e. The van der Waals surface area contributed by atoms with E-state index in [2.05, 4.69) is 35.1 Å². The fraction of sp³-hybridized carbons (Fsp3) is 0.125. The number of hydrazine groups is 1. The highest BCUT2D eigenvalue weighted by Crippen LogP contribution is 2.29. The Kier molecular flexibility index (Phi) is 4.03. The molecule has 20 heavy (non-hydrogen) atoms. The molecule has 3 rings (SSSR count). The monoisotopic (exact) mass is 302 g/mol. The molecule has 0 fully saturated rings. The molecule has 2 nitrogen and oxygen atoms in total. The normalized spacial score (nSPS) is 12.7. The molecule has 0 spiro atoms. The molecule has 0 radical (unpaired) electrons. The van der Waals surface area contributed by atoms with Crippen molar-refractivity contribution in [2.45, 2.75) is 12.5 Å². The summed E-state index contributed by atoms with van der Waals surface area (Å²) in [4.78, 5) is 0. The Bertz CT molecular complexity index is 723. The Morgan fingerprint density at radius 2 is 2.00 bits per heavy atom. The predicted octanol–water partition coefficient (Wildman–Crippen LogP) is 4.30. The average molecular weight is 303 g/mol. The van der Waals surface area contributed by atoms with Crippen molar-refractivity contribution in [1.29, 1.82) is 0 Å². The van der Waals surface area contributed by atoms with Gasteiger partial charge in [0.1, 0.15) is 0 Å². The van der Waals surface area contributed by atoms with Crippen molar-refractivity contribution in [3.63, 3.8) is 0 Å². The highest BCUT2D eigenvalue weighted by molar-refractivity contribution is 7.17. The van der Waals surface area contributed by atoms with Crippen LogP contribution >= 0.6 is 22.9 Å². The van der Waals surface area contributed by atoms with Crippen molar-refractivity contribution in [1.82, 2.24) is 5.43 Å². The van der Waals surface area contributed by atoms with E-state index in [1.807, 2.05) is 24.3 Å². The van der Waals surface area contributed by atoms with E-state index < -0.39 is 0 Å². The maximum absolute atomic E-state index is 6.06. The second-order valence-corrected chi connectivity index (χ2v) is 6.08. The largest absolute Gasteiger partial charge is 0.271 e. The van der Waals surface area contributed by atoms with E-state index in [9.17, 15) is 0 Å². The van der Waals surface area contributed by atoms with Crippen molar-refractivity contribution in [2.24, 2.45) is 5.84 Å². The molecule has 0 bridgehead atoms. The summed E-state index contributed by atoms with van der Waals surface area (Å²) in [7, 11) is 0. The number of hydrogen-bond acceptors (Lipinski definition) is 3. The number of nitrogens with one attached hydrogen (secondary N) is 1. The molecule has 1 heterocycles. The maximum Gasteiger partial charge on any atom is 0.0501 e. The van der Waals surface area contributed by atoms with Crippen LogP contribution in [0.5, 0.6) is 0 Å². The van der Waals surface area contributed by atoms with Crippen LogP contribution in [0.15, 0.2) is 53.9 Å². The molecule has 1 aromatic heterocycles. The summed E-state index contributed by atoms with van der Waals surface area (Å²) in [6.07, 6.45) is 0.848. The molecule has 3 N–H and O–H groups in total. The number of fused-ring (bicyclic) bond motifs is 1. The van der Waals surface area contributed by atoms with Crippen molar-refractivity contribution in [2.75, 3.05) is 0 Å². The number of hydrogen-bond donors (Lipinski definition) is 2. The second-order valence-electron chi connectivity index (χ2n) is 4.74. The molecule has 1 unspecified atom stereocenters. The first-order valence-electron chi connectivity index (χ1n) is 6.44. The van der Waals surface area contributed by atoms with Gasteiger partial charge in [-0.2, -0.15) is 0 Å². The summed E-state index contributed by atoms with van der Waals surface area (Å²) in [5, 5.41) is 4.25. The van der Waals surface area contributed by atoms with E-state index in [4.69, 9.17) is 17.4 Å². The van der Waals surface area contributed by atoms with Gasteiger partial charge < -0.3 is 0 Å². The van der Waals surface area contributed by atoms with Crippen LogP contribution in [-0.2, 0) is 6.42 Å². The van der Waals surface area contributed by atoms with Gasteiger partial charge >= 0.3 is 0 Å². The van der Waals surface area contributed by atoms with E-state index >= 15 is 0 Å². The SMILES string of the molecule is NNC(Cc1csc2ccccc12)c1cccc(Cl)c1. The van der Waals surface area contributed by atoms with Crippen molar-refractivity contribution in [3.05, 3.63) is 70.1 Å². The van der Waals surface area contributed by atoms with Gasteiger partial charge in [0.15, 0.2) is 0 Å². The van der Waals surface area contributed by atoms with Gasteiger partial charge in [0.2, 0.25) is 0 Å². The number of rotatable bonds is 4. The summed E-state index contributed by atoms with van der Waals surface area (Å²) < 4.78 is 1.31. The zero-order chi connectivity index (χ0) is 13.9. The third-order valence-electron chi connectivity index (χ3n) is 3.44. The van der Waals surface area contributed by atoms with Gasteiger partial charge in [0, 0.05) is 9.72 Å². The summed E-state index contributed by atoms with van der Waals surface area (Å²) in [6.45, 7) is 0. The Hall–Kier alpha value is -1.39. The van der Waals surface area contributed by atoms with Gasteiger partial charge in [-0.25, -0.2) is 0 Å². The van der Waals surface area contributed by atoms with Crippen LogP contribution in [0.1, 0.15) is 17.2 Å². The van der Waals surface area contributed by atoms with E-state index in [0.717, 1.165) is 17.0 Å². The third-order valence-corrected chi connectivity index (χ3v) is 4.68. The minimum atomic E-state index is 0.0618. The number of halogens is 1. The van der Waals surface area contributed by atoms with Crippen LogP contribution in [-0.4, -0.2) is 0 Å². The summed E-state index contributed by atoms with van der Waals surface area (Å²) in [6, 6.07) is 16.3. The van der Waals surface area contributed by atoms with E-state index in [-0.39, 0.29) is 6.04 Å². The third kappa shape index (κ3) is 2.72. The lowest BCUT2D eigenvalue weighted by Crippen LogP contribution is -2.29. The Morgan fingerprint density at radius 1 is 1.15 bits per heavy atom. The quantitative estimate of drug-likeness (QED) is 0.557. The van der Waals surface area contributed by atoms with Crippen LogP contribution in [0.4, 0.5) is 0 Å². The molecule has 0 aliphatic carbocycles. The minimum Gasteiger partial charge on any atom is -0.271 e. The Balaban J connectivity index is 1.92. The highest BCUT2D eigenvalue weighted by Gasteiger charge is 2.13. The zero-order valence-corrected chi connectivity index (χ0v) is 12.4. The van der Waals surface area contributed by atoms with Crippen LogP contribution in [0, 0.1) is 0 Å². The Labute approximate surface area is 127 Å². The predicted molar refractivity (Wildman–Crippen MR) is 87.0 cm³/mol. The van der Waals surface area contributed by atoms with E-state index in [0.29, 0.717) is 0 Å². The zero-order valence-electron chi connectivity index (χ0n) is 10.8. The lowest BCUT2D eigenvalue weighted by molar-refractivity contribution is 0.554. The van der Waals surface area contributed by atoms with Gasteiger partial charge in [-0.15, -0.1) is 11.3 Å². The maximum atomic E-state index is 6.06. The second kappa shape index (κ2) is 5.94. The first-order valence-corrected chi connectivity index (χ1v) is 7.70. The molecule has 0 aliphatic rings. The summed E-state index contributed by atoms with van der Waals surface area (Å²) in [5.41, 5.74) is 5.31. The first-order chi connectivity index (χ1) is 9.78. The van der Waals surface area contributed by atoms with Crippen LogP contribution < -0.4 is 11.3 Å². The number of nitrogens with two attached hydrogens (primary N) is 1. The molecule has 0 amide bonds. The van der Waals surface area contributed by atoms with Gasteiger partial charge in [-0.1, -0.05) is 41.9 Å². The molecular formula is C16H15ClN2S. The van der Waals surface area contributed by atoms with Crippen LogP contribution in [0.2, 0.25) is 5.02 Å². The van der Waals surface area contributed by atoms with Crippen molar-refractivity contribution < 1.29 is 0 Å². The van der Waals surface area contributed by atoms with Gasteiger partial charge in [0.05, 0.1) is 6.04 Å². The molecule has 0 saturated carbocycles. The van der Waals surface area contributed by atoms with Crippen molar-refractivity contribution >= 4 is 33.0 Å². The number of benzene rings is 2. The molecular weight excluding hydrogens is 288 g/mol. The lowest BCUT2D eigenvalue weighted by atomic mass is 9.99. The summed E-state index contributed by atoms with van der Waals surface area (Å²) >= 11 is 7.83. The fourth-order valence-electron chi connectivity index (χ4n) is 2.41. The van der Waals surface area contributed by atoms with Gasteiger partial charge in [-0.3, -0.25) is 11.3 Å². The molecule has 1 atom stereocenters. The first kappa shape index (κ1) is 13.6. The van der Waals surface area contributed by atoms with E-state index in [1.165, 1.54) is 15.6 Å². The minimum absolute atomic E-state index is 0.0618. The van der Waals surface area contributed by atoms with E-state index in [1.54, 1.807) is 11.3 Å². The molecule has 102 valence electrons. The average Bonchev–Trinajstić information content (AvgIpc) is 2.88. The molecule has 4 heteroatoms. The topological polar surface area (TPSA) is 38.0 Å². The van der Waals surface area contributed by atoms with Gasteiger partial charge in [-0.05, 0) is 46.5 Å². The fourth-order valence-corrected chi connectivity index (χ4v) is 3.58. The molecule has 0 saturated heterocycles. The van der Waals surface area contributed by atoms with Crippen molar-refractivity contribution in [3.8, 4) is 0 Å². The van der Waals surface area contributed by atoms with Gasteiger partial charge in [0.25, 0.3) is 0 Å². The van der Waals surface area contributed by atoms with Crippen LogP contribution in [0.3, 0.4) is 0 Å². The number of thiophene rings is 1. The molecule has 3 aromatic rings. The summed E-state index contributed by atoms with van der Waals surface area (Å²) in [5.74, 6) is 5.73. The molecule has 2 aromatic carbocycles. The molecule has 0 aliphatic heterocycles. The van der Waals surface area contributed by atoms with Crippen LogP contribution in [0.25, 0.3) is 10.1 Å². The highest BCUT2D eigenvalue weighted by atomic mass is 35.5. The standard InChI is InChI=1S/C16H15ClN2S/c17-13-5-3-4-11(8-13)15(19-18)9-12-10-20-16-7-2-1-6-14(12)16/h1-8,10,15,19H,9,18H2. The Morgan fingerprint density at radius 3 is 2.80 bits per heavy atom. The lowest BCUT2D eigenvalue weighted by Gasteiger charge is -2.16.